The lowest BCUT2D eigenvalue weighted by atomic mass is 9.81. The maximum Gasteiger partial charge on any atom is 0.124 e. The molecule has 1 unspecified atom stereocenters. The Labute approximate surface area is 123 Å². The highest BCUT2D eigenvalue weighted by Gasteiger charge is 2.27. The molecule has 0 aliphatic rings. The largest absolute Gasteiger partial charge is 0.507 e. The fraction of sp³-hybridized carbons (Fsp3) is 0.647. The van der Waals surface area contributed by atoms with Gasteiger partial charge in [0, 0.05) is 23.2 Å². The Hall–Kier alpha value is -1.22. The molecule has 3 nitrogen and oxygen atoms in total. The number of hydrogen-bond donors (Lipinski definition) is 2. The average Bonchev–Trinajstić information content (AvgIpc) is 2.24. The lowest BCUT2D eigenvalue weighted by Gasteiger charge is -2.36. The van der Waals surface area contributed by atoms with Crippen LogP contribution in [0, 0.1) is 5.41 Å². The molecular formula is C17H29NO2. The van der Waals surface area contributed by atoms with Crippen molar-refractivity contribution in [3.63, 3.8) is 0 Å². The number of phenols is 1. The summed E-state index contributed by atoms with van der Waals surface area (Å²) in [5.74, 6) is 0.948. The van der Waals surface area contributed by atoms with Crippen LogP contribution in [0.25, 0.3) is 0 Å². The molecule has 1 aromatic carbocycles. The smallest absolute Gasteiger partial charge is 0.124 e. The van der Waals surface area contributed by atoms with E-state index in [1.807, 2.05) is 12.1 Å². The van der Waals surface area contributed by atoms with Gasteiger partial charge in [0.05, 0.1) is 7.11 Å². The summed E-state index contributed by atoms with van der Waals surface area (Å²) < 4.78 is 5.12. The fourth-order valence-electron chi connectivity index (χ4n) is 3.06. The van der Waals surface area contributed by atoms with Crippen LogP contribution >= 0.6 is 0 Å². The third-order valence-corrected chi connectivity index (χ3v) is 3.28. The minimum absolute atomic E-state index is 0.00400. The molecule has 114 valence electrons. The minimum Gasteiger partial charge on any atom is -0.507 e. The van der Waals surface area contributed by atoms with Crippen LogP contribution in [-0.2, 0) is 0 Å². The molecule has 0 aliphatic heterocycles. The third kappa shape index (κ3) is 5.04. The van der Waals surface area contributed by atoms with Gasteiger partial charge in [-0.2, -0.15) is 0 Å². The minimum atomic E-state index is 0.00400. The summed E-state index contributed by atoms with van der Waals surface area (Å²) in [6.45, 7) is 13.2. The van der Waals surface area contributed by atoms with Crippen molar-refractivity contribution in [2.75, 3.05) is 7.11 Å². The van der Waals surface area contributed by atoms with Crippen molar-refractivity contribution >= 4 is 0 Å². The second kappa shape index (κ2) is 6.04. The molecule has 1 rings (SSSR count). The van der Waals surface area contributed by atoms with Crippen LogP contribution in [0.5, 0.6) is 11.5 Å². The molecule has 0 aliphatic carbocycles. The lowest BCUT2D eigenvalue weighted by Crippen LogP contribution is -2.43. The summed E-state index contributed by atoms with van der Waals surface area (Å²) in [6, 6.07) is 5.53. The summed E-state index contributed by atoms with van der Waals surface area (Å²) in [4.78, 5) is 0. The van der Waals surface area contributed by atoms with Gasteiger partial charge in [-0.15, -0.1) is 0 Å². The van der Waals surface area contributed by atoms with Crippen molar-refractivity contribution in [1.29, 1.82) is 0 Å². The molecule has 0 fully saturated rings. The zero-order valence-electron chi connectivity index (χ0n) is 13.9. The summed E-state index contributed by atoms with van der Waals surface area (Å²) in [5, 5.41) is 13.7. The third-order valence-electron chi connectivity index (χ3n) is 3.28. The first-order valence-corrected chi connectivity index (χ1v) is 7.19. The molecule has 3 heteroatoms. The van der Waals surface area contributed by atoms with Crippen molar-refractivity contribution in [2.24, 2.45) is 5.41 Å². The van der Waals surface area contributed by atoms with Gasteiger partial charge in [-0.05, 0) is 38.7 Å². The van der Waals surface area contributed by atoms with E-state index in [4.69, 9.17) is 4.74 Å². The predicted molar refractivity (Wildman–Crippen MR) is 84.4 cm³/mol. The van der Waals surface area contributed by atoms with Gasteiger partial charge < -0.3 is 15.2 Å². The number of rotatable bonds is 5. The standard InChI is InChI=1S/C17H29NO2/c1-12(18-17(5,6)11-16(2,3)4)14-9-8-13(20-7)10-15(14)19/h8-10,12,18-19H,11H2,1-7H3. The summed E-state index contributed by atoms with van der Waals surface area (Å²) >= 11 is 0. The van der Waals surface area contributed by atoms with Gasteiger partial charge in [0.1, 0.15) is 11.5 Å². The molecule has 1 aromatic rings. The molecule has 0 saturated carbocycles. The number of methoxy groups -OCH3 is 1. The lowest BCUT2D eigenvalue weighted by molar-refractivity contribution is 0.225. The number of ether oxygens (including phenoxy) is 1. The van der Waals surface area contributed by atoms with Crippen molar-refractivity contribution in [3.8, 4) is 11.5 Å². The van der Waals surface area contributed by atoms with E-state index < -0.39 is 0 Å². The Morgan fingerprint density at radius 1 is 1.20 bits per heavy atom. The van der Waals surface area contributed by atoms with Crippen molar-refractivity contribution in [3.05, 3.63) is 23.8 Å². The predicted octanol–water partition coefficient (Wildman–Crippen LogP) is 4.27. The molecule has 20 heavy (non-hydrogen) atoms. The van der Waals surface area contributed by atoms with E-state index in [0.29, 0.717) is 5.75 Å². The maximum atomic E-state index is 10.1. The quantitative estimate of drug-likeness (QED) is 0.846. The summed E-state index contributed by atoms with van der Waals surface area (Å²) in [7, 11) is 1.60. The van der Waals surface area contributed by atoms with Gasteiger partial charge in [0.15, 0.2) is 0 Å². The number of nitrogens with one attached hydrogen (secondary N) is 1. The molecule has 0 spiro atoms. The molecular weight excluding hydrogens is 250 g/mol. The molecule has 0 bridgehead atoms. The number of aromatic hydroxyl groups is 1. The van der Waals surface area contributed by atoms with Gasteiger partial charge in [0.2, 0.25) is 0 Å². The molecule has 0 aromatic heterocycles. The molecule has 0 amide bonds. The SMILES string of the molecule is COc1ccc(C(C)NC(C)(C)CC(C)(C)C)c(O)c1. The Bertz CT molecular complexity index is 447. The molecule has 2 N–H and O–H groups in total. The monoisotopic (exact) mass is 279 g/mol. The van der Waals surface area contributed by atoms with E-state index in [2.05, 4.69) is 46.9 Å². The van der Waals surface area contributed by atoms with Crippen molar-refractivity contribution < 1.29 is 9.84 Å². The van der Waals surface area contributed by atoms with Crippen LogP contribution in [0.15, 0.2) is 18.2 Å². The van der Waals surface area contributed by atoms with Crippen LogP contribution in [0.2, 0.25) is 0 Å². The van der Waals surface area contributed by atoms with Crippen LogP contribution in [0.1, 0.15) is 59.6 Å². The van der Waals surface area contributed by atoms with E-state index in [9.17, 15) is 5.11 Å². The van der Waals surface area contributed by atoms with Gasteiger partial charge >= 0.3 is 0 Å². The van der Waals surface area contributed by atoms with Crippen LogP contribution in [-0.4, -0.2) is 17.8 Å². The Kier molecular flexibility index (Phi) is 5.09. The summed E-state index contributed by atoms with van der Waals surface area (Å²) in [6.07, 6.45) is 1.06. The van der Waals surface area contributed by atoms with E-state index in [1.54, 1.807) is 13.2 Å². The van der Waals surface area contributed by atoms with E-state index in [0.717, 1.165) is 12.0 Å². The van der Waals surface area contributed by atoms with Crippen molar-refractivity contribution in [1.82, 2.24) is 5.32 Å². The van der Waals surface area contributed by atoms with Gasteiger partial charge in [-0.25, -0.2) is 0 Å². The van der Waals surface area contributed by atoms with Gasteiger partial charge in [0.25, 0.3) is 0 Å². The van der Waals surface area contributed by atoms with E-state index >= 15 is 0 Å². The molecule has 0 radical (unpaired) electrons. The average molecular weight is 279 g/mol. The van der Waals surface area contributed by atoms with Gasteiger partial charge in [-0.3, -0.25) is 0 Å². The second-order valence-electron chi connectivity index (χ2n) is 7.41. The topological polar surface area (TPSA) is 41.5 Å². The molecule has 0 saturated heterocycles. The Balaban J connectivity index is 2.83. The highest BCUT2D eigenvalue weighted by molar-refractivity contribution is 5.41. The molecule has 0 heterocycles. The highest BCUT2D eigenvalue weighted by atomic mass is 16.5. The first kappa shape index (κ1) is 16.8. The van der Waals surface area contributed by atoms with E-state index in [-0.39, 0.29) is 22.7 Å². The normalized spacial score (nSPS) is 14.2. The summed E-state index contributed by atoms with van der Waals surface area (Å²) in [5.41, 5.74) is 1.16. The Morgan fingerprint density at radius 3 is 2.25 bits per heavy atom. The highest BCUT2D eigenvalue weighted by Crippen LogP contribution is 2.32. The molecule has 1 atom stereocenters. The second-order valence-corrected chi connectivity index (χ2v) is 7.41. The first-order valence-electron chi connectivity index (χ1n) is 7.19. The van der Waals surface area contributed by atoms with Crippen LogP contribution in [0.3, 0.4) is 0 Å². The zero-order valence-corrected chi connectivity index (χ0v) is 13.9. The Morgan fingerprint density at radius 2 is 1.80 bits per heavy atom. The zero-order chi connectivity index (χ0) is 15.6. The number of hydrogen-bond acceptors (Lipinski definition) is 3. The van der Waals surface area contributed by atoms with Crippen LogP contribution < -0.4 is 10.1 Å². The van der Waals surface area contributed by atoms with Crippen molar-refractivity contribution in [2.45, 2.75) is 59.5 Å². The number of benzene rings is 1. The van der Waals surface area contributed by atoms with Gasteiger partial charge in [-0.1, -0.05) is 26.8 Å². The maximum absolute atomic E-state index is 10.1. The van der Waals surface area contributed by atoms with E-state index in [1.165, 1.54) is 0 Å². The first-order chi connectivity index (χ1) is 9.04. The number of phenolic OH excluding ortho intramolecular Hbond substituents is 1. The van der Waals surface area contributed by atoms with Crippen LogP contribution in [0.4, 0.5) is 0 Å². The fourth-order valence-corrected chi connectivity index (χ4v) is 3.06.